The smallest absolute Gasteiger partial charge is 0.282 e. The van der Waals surface area contributed by atoms with Crippen LogP contribution < -0.4 is 0 Å². The monoisotopic (exact) mass is 321 g/mol. The van der Waals surface area contributed by atoms with Crippen LogP contribution in [0.3, 0.4) is 0 Å². The van der Waals surface area contributed by atoms with Crippen LogP contribution in [0.2, 0.25) is 6.82 Å². The molecule has 0 atom stereocenters. The molecule has 4 nitrogen and oxygen atoms in total. The molecule has 108 valence electrons. The van der Waals surface area contributed by atoms with Crippen molar-refractivity contribution >= 4 is 40.4 Å². The Labute approximate surface area is 129 Å². The predicted molar refractivity (Wildman–Crippen MR) is 85.8 cm³/mol. The second kappa shape index (κ2) is 5.99. The number of aryl methyl sites for hydroxylation is 1. The first-order chi connectivity index (χ1) is 9.83. The van der Waals surface area contributed by atoms with Crippen molar-refractivity contribution in [3.8, 4) is 0 Å². The minimum atomic E-state index is -3.82. The van der Waals surface area contributed by atoms with E-state index in [-0.39, 0.29) is 21.4 Å². The molecule has 2 rings (SSSR count). The third kappa shape index (κ3) is 3.51. The molecule has 0 saturated heterocycles. The molecule has 0 aliphatic heterocycles. The summed E-state index contributed by atoms with van der Waals surface area (Å²) in [7, 11) is -3.36. The zero-order valence-electron chi connectivity index (χ0n) is 11.6. The first kappa shape index (κ1) is 15.7. The van der Waals surface area contributed by atoms with Gasteiger partial charge in [-0.1, -0.05) is 36.1 Å². The van der Waals surface area contributed by atoms with Crippen molar-refractivity contribution in [1.82, 2.24) is 0 Å². The molecule has 0 heterocycles. The average Bonchev–Trinajstić information content (AvgIpc) is 2.42. The fourth-order valence-corrected chi connectivity index (χ4v) is 3.05. The van der Waals surface area contributed by atoms with E-state index in [2.05, 4.69) is 4.40 Å². The Morgan fingerprint density at radius 1 is 1.14 bits per heavy atom. The number of allylic oxidation sites excluding steroid dienone is 4. The highest BCUT2D eigenvalue weighted by Gasteiger charge is 2.20. The summed E-state index contributed by atoms with van der Waals surface area (Å²) in [5.41, 5.74) is 1.57. The van der Waals surface area contributed by atoms with Gasteiger partial charge in [0.25, 0.3) is 10.0 Å². The van der Waals surface area contributed by atoms with E-state index in [4.69, 9.17) is 11.6 Å². The molecule has 1 aromatic rings. The van der Waals surface area contributed by atoms with Crippen LogP contribution in [0.15, 0.2) is 56.2 Å². The summed E-state index contributed by atoms with van der Waals surface area (Å²) in [5, 5.41) is -0.0211. The van der Waals surface area contributed by atoms with Gasteiger partial charge in [-0.3, -0.25) is 4.79 Å². The zero-order valence-corrected chi connectivity index (χ0v) is 13.2. The average molecular weight is 322 g/mol. The summed E-state index contributed by atoms with van der Waals surface area (Å²) in [6.45, 7) is 3.67. The Hall–Kier alpha value is -1.66. The number of nitrogens with zero attached hydrogens (tertiary/aromatic N) is 1. The molecule has 0 spiro atoms. The number of ketones is 1. The van der Waals surface area contributed by atoms with Crippen LogP contribution >= 0.6 is 11.6 Å². The van der Waals surface area contributed by atoms with E-state index in [1.165, 1.54) is 24.3 Å². The lowest BCUT2D eigenvalue weighted by atomic mass is 9.68. The summed E-state index contributed by atoms with van der Waals surface area (Å²) in [6.07, 6.45) is 2.73. The van der Waals surface area contributed by atoms with Crippen LogP contribution in [0.4, 0.5) is 0 Å². The number of hydrogen-bond donors (Lipinski definition) is 0. The van der Waals surface area contributed by atoms with E-state index in [0.29, 0.717) is 12.8 Å². The first-order valence-corrected chi connectivity index (χ1v) is 8.19. The molecule has 1 aromatic carbocycles. The van der Waals surface area contributed by atoms with Crippen molar-refractivity contribution in [2.24, 2.45) is 4.40 Å². The molecule has 1 aliphatic rings. The number of rotatable bonds is 3. The minimum absolute atomic E-state index is 0.0211. The Balaban J connectivity index is 2.45. The third-order valence-electron chi connectivity index (χ3n) is 3.03. The highest BCUT2D eigenvalue weighted by Crippen LogP contribution is 2.19. The van der Waals surface area contributed by atoms with Gasteiger partial charge >= 0.3 is 0 Å². The first-order valence-electron chi connectivity index (χ1n) is 6.37. The molecule has 0 bridgehead atoms. The van der Waals surface area contributed by atoms with E-state index in [1.807, 2.05) is 6.92 Å². The van der Waals surface area contributed by atoms with Crippen LogP contribution in [0.1, 0.15) is 5.56 Å². The number of hydrogen-bond acceptors (Lipinski definition) is 3. The number of Topliss-reactive ketones (excluding diaryl/α,β-unsaturated/α-hetero) is 1. The topological polar surface area (TPSA) is 63.6 Å². The zero-order chi connectivity index (χ0) is 15.6. The van der Waals surface area contributed by atoms with E-state index < -0.39 is 10.0 Å². The fraction of sp³-hybridized carbons (Fsp3) is 0.143. The highest BCUT2D eigenvalue weighted by atomic mass is 35.5. The summed E-state index contributed by atoms with van der Waals surface area (Å²) < 4.78 is 28.2. The van der Waals surface area contributed by atoms with Gasteiger partial charge < -0.3 is 0 Å². The maximum atomic E-state index is 12.2. The standard InChI is InChI=1S/C14H13BClNO3S/c1-9-3-5-11(6-4-9)21(19,20)17-10-7-12(15-2)14(18)13(16)8-10/h3-8,15H,1-2H3/b17-10+. The lowest BCUT2D eigenvalue weighted by Crippen LogP contribution is -2.15. The molecule has 0 saturated carbocycles. The van der Waals surface area contributed by atoms with Crippen molar-refractivity contribution in [3.05, 3.63) is 52.5 Å². The second-order valence-corrected chi connectivity index (χ2v) is 6.66. The van der Waals surface area contributed by atoms with Crippen molar-refractivity contribution in [2.75, 3.05) is 0 Å². The van der Waals surface area contributed by atoms with E-state index in [1.54, 1.807) is 19.0 Å². The number of benzene rings is 1. The molecule has 0 amide bonds. The highest BCUT2D eigenvalue weighted by molar-refractivity contribution is 7.90. The van der Waals surface area contributed by atoms with Gasteiger partial charge in [-0.2, -0.15) is 12.8 Å². The molecule has 1 aliphatic carbocycles. The normalized spacial score (nSPS) is 17.5. The lowest BCUT2D eigenvalue weighted by Gasteiger charge is -2.09. The van der Waals surface area contributed by atoms with Gasteiger partial charge in [-0.15, -0.1) is 0 Å². The molecular weight excluding hydrogens is 308 g/mol. The van der Waals surface area contributed by atoms with Gasteiger partial charge in [0.1, 0.15) is 0 Å². The summed E-state index contributed by atoms with van der Waals surface area (Å²) >= 11 is 5.83. The Bertz CT molecular complexity index is 777. The van der Waals surface area contributed by atoms with E-state index in [0.717, 1.165) is 5.56 Å². The van der Waals surface area contributed by atoms with Gasteiger partial charge in [0.15, 0.2) is 13.1 Å². The number of carbonyl (C=O) groups excluding carboxylic acids is 1. The SMILES string of the molecule is CBC1=C/C(=N\S(=O)(=O)c2ccc(C)cc2)C=C(Cl)C1=O. The van der Waals surface area contributed by atoms with Gasteiger partial charge in [0.2, 0.25) is 0 Å². The molecule has 21 heavy (non-hydrogen) atoms. The number of carbonyl (C=O) groups is 1. The Kier molecular flexibility index (Phi) is 4.49. The van der Waals surface area contributed by atoms with Crippen LogP contribution in [0, 0.1) is 6.92 Å². The summed E-state index contributed by atoms with van der Waals surface area (Å²) in [5.74, 6) is -0.286. The van der Waals surface area contributed by atoms with Crippen LogP contribution in [0.25, 0.3) is 0 Å². The van der Waals surface area contributed by atoms with Crippen LogP contribution in [-0.4, -0.2) is 27.2 Å². The van der Waals surface area contributed by atoms with Crippen molar-refractivity contribution in [2.45, 2.75) is 18.6 Å². The summed E-state index contributed by atoms with van der Waals surface area (Å²) in [6, 6.07) is 6.40. The second-order valence-electron chi connectivity index (χ2n) is 4.65. The van der Waals surface area contributed by atoms with E-state index in [9.17, 15) is 13.2 Å². The molecule has 0 radical (unpaired) electrons. The summed E-state index contributed by atoms with van der Waals surface area (Å²) in [4.78, 5) is 11.8. The largest absolute Gasteiger partial charge is 0.289 e. The molecule has 0 aromatic heterocycles. The van der Waals surface area contributed by atoms with Crippen molar-refractivity contribution < 1.29 is 13.2 Å². The molecular formula is C14H13BClNO3S. The number of halogens is 1. The predicted octanol–water partition coefficient (Wildman–Crippen LogP) is 2.20. The molecule has 0 unspecified atom stereocenters. The van der Waals surface area contributed by atoms with Gasteiger partial charge in [0.05, 0.1) is 15.6 Å². The quantitative estimate of drug-likeness (QED) is 0.633. The van der Waals surface area contributed by atoms with Crippen molar-refractivity contribution in [1.29, 1.82) is 0 Å². The minimum Gasteiger partial charge on any atom is -0.289 e. The van der Waals surface area contributed by atoms with Gasteiger partial charge in [-0.25, -0.2) is 0 Å². The Morgan fingerprint density at radius 2 is 1.76 bits per heavy atom. The van der Waals surface area contributed by atoms with E-state index >= 15 is 0 Å². The van der Waals surface area contributed by atoms with Crippen LogP contribution in [-0.2, 0) is 14.8 Å². The maximum Gasteiger partial charge on any atom is 0.282 e. The molecule has 0 fully saturated rings. The third-order valence-corrected chi connectivity index (χ3v) is 4.63. The Morgan fingerprint density at radius 3 is 2.33 bits per heavy atom. The van der Waals surface area contributed by atoms with Gasteiger partial charge in [-0.05, 0) is 36.7 Å². The van der Waals surface area contributed by atoms with Crippen molar-refractivity contribution in [3.63, 3.8) is 0 Å². The number of sulfonamides is 1. The lowest BCUT2D eigenvalue weighted by molar-refractivity contribution is -0.111. The van der Waals surface area contributed by atoms with Crippen LogP contribution in [0.5, 0.6) is 0 Å². The molecule has 0 N–H and O–H groups in total. The molecule has 7 heteroatoms. The van der Waals surface area contributed by atoms with Gasteiger partial charge in [0, 0.05) is 0 Å². The maximum absolute atomic E-state index is 12.2. The fourth-order valence-electron chi connectivity index (χ4n) is 1.85.